The minimum atomic E-state index is 0.0273. The zero-order valence-electron chi connectivity index (χ0n) is 13.4. The molecule has 0 unspecified atom stereocenters. The van der Waals surface area contributed by atoms with Gasteiger partial charge in [0, 0.05) is 11.1 Å². The Morgan fingerprint density at radius 3 is 2.87 bits per heavy atom. The molecule has 0 aliphatic heterocycles. The molecule has 1 heterocycles. The van der Waals surface area contributed by atoms with Gasteiger partial charge in [-0.25, -0.2) is 0 Å². The number of aromatic nitrogens is 2. The van der Waals surface area contributed by atoms with Crippen molar-refractivity contribution in [2.75, 3.05) is 0 Å². The Morgan fingerprint density at radius 1 is 1.30 bits per heavy atom. The van der Waals surface area contributed by atoms with E-state index >= 15 is 0 Å². The Morgan fingerprint density at radius 2 is 2.13 bits per heavy atom. The van der Waals surface area contributed by atoms with Crippen molar-refractivity contribution in [1.82, 2.24) is 15.5 Å². The van der Waals surface area contributed by atoms with Crippen LogP contribution in [0.15, 0.2) is 22.6 Å². The molecule has 1 aromatic carbocycles. The zero-order chi connectivity index (χ0) is 16.4. The van der Waals surface area contributed by atoms with Crippen molar-refractivity contribution < 1.29 is 4.42 Å². The summed E-state index contributed by atoms with van der Waals surface area (Å²) in [5, 5.41) is 13.0. The molecule has 1 fully saturated rings. The van der Waals surface area contributed by atoms with E-state index in [-0.39, 0.29) is 6.04 Å². The third-order valence-electron chi connectivity index (χ3n) is 4.62. The summed E-state index contributed by atoms with van der Waals surface area (Å²) in [5.74, 6) is 1.76. The van der Waals surface area contributed by atoms with Crippen molar-refractivity contribution in [2.24, 2.45) is 5.92 Å². The molecule has 23 heavy (non-hydrogen) atoms. The molecule has 1 N–H and O–H groups in total. The molecule has 1 aliphatic rings. The highest BCUT2D eigenvalue weighted by Crippen LogP contribution is 2.32. The maximum Gasteiger partial charge on any atom is 0.249 e. The second kappa shape index (κ2) is 7.20. The fraction of sp³-hybridized carbons (Fsp3) is 0.529. The predicted molar refractivity (Wildman–Crippen MR) is 92.7 cm³/mol. The minimum Gasteiger partial charge on any atom is -0.419 e. The van der Waals surface area contributed by atoms with Crippen LogP contribution in [0.2, 0.25) is 10.0 Å². The number of nitrogens with one attached hydrogen (secondary N) is 1. The third-order valence-corrected chi connectivity index (χ3v) is 5.17. The summed E-state index contributed by atoms with van der Waals surface area (Å²) in [7, 11) is 0. The molecule has 1 saturated carbocycles. The molecule has 3 atom stereocenters. The first kappa shape index (κ1) is 16.7. The molecule has 0 bridgehead atoms. The van der Waals surface area contributed by atoms with Gasteiger partial charge in [0.05, 0.1) is 16.6 Å². The van der Waals surface area contributed by atoms with E-state index in [4.69, 9.17) is 27.6 Å². The highest BCUT2D eigenvalue weighted by Gasteiger charge is 2.28. The van der Waals surface area contributed by atoms with Crippen molar-refractivity contribution in [1.29, 1.82) is 0 Å². The maximum absolute atomic E-state index is 6.20. The van der Waals surface area contributed by atoms with Gasteiger partial charge in [-0.2, -0.15) is 0 Å². The number of nitrogens with zero attached hydrogens (tertiary/aromatic N) is 2. The van der Waals surface area contributed by atoms with E-state index in [0.717, 1.165) is 5.92 Å². The Kier molecular flexibility index (Phi) is 5.24. The molecule has 124 valence electrons. The normalized spacial score (nSPS) is 22.4. The summed E-state index contributed by atoms with van der Waals surface area (Å²) in [4.78, 5) is 0. The quantitative estimate of drug-likeness (QED) is 0.794. The van der Waals surface area contributed by atoms with Gasteiger partial charge in [0.1, 0.15) is 0 Å². The standard InChI is InChI=1S/C17H21Cl2N3O/c1-3-11-5-4-6-15(11)20-10(2)16-21-22-17(23-16)13-8-7-12(18)9-14(13)19/h7-11,15,20H,3-6H2,1-2H3/t10-,11-,15-/m1/s1. The Bertz CT molecular complexity index is 674. The maximum atomic E-state index is 6.20. The Labute approximate surface area is 146 Å². The first-order chi connectivity index (χ1) is 11.1. The van der Waals surface area contributed by atoms with E-state index in [0.29, 0.717) is 33.4 Å². The molecule has 0 saturated heterocycles. The fourth-order valence-corrected chi connectivity index (χ4v) is 3.81. The highest BCUT2D eigenvalue weighted by atomic mass is 35.5. The van der Waals surface area contributed by atoms with Gasteiger partial charge < -0.3 is 9.73 Å². The van der Waals surface area contributed by atoms with E-state index in [1.54, 1.807) is 18.2 Å². The summed E-state index contributed by atoms with van der Waals surface area (Å²) >= 11 is 12.1. The molecule has 0 amide bonds. The van der Waals surface area contributed by atoms with Gasteiger partial charge in [0.2, 0.25) is 11.8 Å². The lowest BCUT2D eigenvalue weighted by Crippen LogP contribution is -2.34. The predicted octanol–water partition coefficient (Wildman–Crippen LogP) is 5.27. The van der Waals surface area contributed by atoms with Gasteiger partial charge in [-0.1, -0.05) is 43.0 Å². The lowest BCUT2D eigenvalue weighted by Gasteiger charge is -2.22. The van der Waals surface area contributed by atoms with Crippen molar-refractivity contribution >= 4 is 23.2 Å². The van der Waals surface area contributed by atoms with E-state index < -0.39 is 0 Å². The fourth-order valence-electron chi connectivity index (χ4n) is 3.32. The molecule has 3 rings (SSSR count). The van der Waals surface area contributed by atoms with Crippen LogP contribution in [0.25, 0.3) is 11.5 Å². The summed E-state index contributed by atoms with van der Waals surface area (Å²) in [6.45, 7) is 4.31. The zero-order valence-corrected chi connectivity index (χ0v) is 14.9. The number of rotatable bonds is 5. The second-order valence-corrected chi connectivity index (χ2v) is 7.01. The van der Waals surface area contributed by atoms with Crippen molar-refractivity contribution in [3.8, 4) is 11.5 Å². The first-order valence-corrected chi connectivity index (χ1v) is 8.89. The molecule has 0 spiro atoms. The first-order valence-electron chi connectivity index (χ1n) is 8.13. The van der Waals surface area contributed by atoms with E-state index in [9.17, 15) is 0 Å². The lowest BCUT2D eigenvalue weighted by atomic mass is 10.00. The topological polar surface area (TPSA) is 51.0 Å². The van der Waals surface area contributed by atoms with Crippen molar-refractivity contribution in [3.63, 3.8) is 0 Å². The number of hydrogen-bond acceptors (Lipinski definition) is 4. The summed E-state index contributed by atoms with van der Waals surface area (Å²) < 4.78 is 5.82. The van der Waals surface area contributed by atoms with Gasteiger partial charge in [0.15, 0.2) is 0 Å². The molecule has 6 heteroatoms. The molecular weight excluding hydrogens is 333 g/mol. The number of halogens is 2. The molecule has 4 nitrogen and oxygen atoms in total. The molecular formula is C17H21Cl2N3O. The molecule has 2 aromatic rings. The van der Waals surface area contributed by atoms with Crippen LogP contribution in [-0.4, -0.2) is 16.2 Å². The van der Waals surface area contributed by atoms with Gasteiger partial charge in [-0.05, 0) is 43.9 Å². The summed E-state index contributed by atoms with van der Waals surface area (Å²) in [6, 6.07) is 5.79. The Hall–Kier alpha value is -1.10. The van der Waals surface area contributed by atoms with Crippen LogP contribution >= 0.6 is 23.2 Å². The largest absolute Gasteiger partial charge is 0.419 e. The van der Waals surface area contributed by atoms with E-state index in [2.05, 4.69) is 29.4 Å². The van der Waals surface area contributed by atoms with Crippen molar-refractivity contribution in [2.45, 2.75) is 51.6 Å². The molecule has 1 aliphatic carbocycles. The van der Waals surface area contributed by atoms with Gasteiger partial charge in [-0.3, -0.25) is 0 Å². The van der Waals surface area contributed by atoms with Crippen LogP contribution in [0.1, 0.15) is 51.5 Å². The van der Waals surface area contributed by atoms with Gasteiger partial charge in [0.25, 0.3) is 0 Å². The number of hydrogen-bond donors (Lipinski definition) is 1. The van der Waals surface area contributed by atoms with Crippen LogP contribution < -0.4 is 5.32 Å². The Balaban J connectivity index is 1.73. The number of benzene rings is 1. The van der Waals surface area contributed by atoms with Gasteiger partial charge >= 0.3 is 0 Å². The summed E-state index contributed by atoms with van der Waals surface area (Å²) in [5.41, 5.74) is 0.703. The highest BCUT2D eigenvalue weighted by molar-refractivity contribution is 6.36. The van der Waals surface area contributed by atoms with E-state index in [1.807, 2.05) is 0 Å². The lowest BCUT2D eigenvalue weighted by molar-refractivity contribution is 0.328. The van der Waals surface area contributed by atoms with Crippen LogP contribution in [0, 0.1) is 5.92 Å². The second-order valence-electron chi connectivity index (χ2n) is 6.16. The molecule has 1 aromatic heterocycles. The molecule has 0 radical (unpaired) electrons. The average Bonchev–Trinajstić information content (AvgIpc) is 3.16. The van der Waals surface area contributed by atoms with Crippen molar-refractivity contribution in [3.05, 3.63) is 34.1 Å². The van der Waals surface area contributed by atoms with Crippen LogP contribution in [0.3, 0.4) is 0 Å². The van der Waals surface area contributed by atoms with Crippen LogP contribution in [0.5, 0.6) is 0 Å². The van der Waals surface area contributed by atoms with Crippen LogP contribution in [-0.2, 0) is 0 Å². The van der Waals surface area contributed by atoms with Gasteiger partial charge in [-0.15, -0.1) is 10.2 Å². The third kappa shape index (κ3) is 3.70. The minimum absolute atomic E-state index is 0.0273. The monoisotopic (exact) mass is 353 g/mol. The van der Waals surface area contributed by atoms with E-state index in [1.165, 1.54) is 25.7 Å². The SMILES string of the molecule is CC[C@@H]1CCC[C@H]1N[C@H](C)c1nnc(-c2ccc(Cl)cc2Cl)o1. The van der Waals surface area contributed by atoms with Crippen LogP contribution in [0.4, 0.5) is 0 Å². The summed E-state index contributed by atoms with van der Waals surface area (Å²) in [6.07, 6.45) is 5.02. The average molecular weight is 354 g/mol. The smallest absolute Gasteiger partial charge is 0.249 e.